The lowest BCUT2D eigenvalue weighted by atomic mass is 10.2. The lowest BCUT2D eigenvalue weighted by Crippen LogP contribution is -2.12. The molecule has 2 rings (SSSR count). The zero-order valence-electron chi connectivity index (χ0n) is 11.9. The highest BCUT2D eigenvalue weighted by atomic mass is 16.7. The summed E-state index contributed by atoms with van der Waals surface area (Å²) in [5.74, 6) is -0.572. The van der Waals surface area contributed by atoms with E-state index in [9.17, 15) is 4.79 Å². The summed E-state index contributed by atoms with van der Waals surface area (Å²) in [5, 5.41) is 0. The second-order valence-corrected chi connectivity index (χ2v) is 4.21. The van der Waals surface area contributed by atoms with Crippen LogP contribution >= 0.6 is 0 Å². The first-order valence-electron chi connectivity index (χ1n) is 6.33. The molecule has 0 fully saturated rings. The summed E-state index contributed by atoms with van der Waals surface area (Å²) in [6, 6.07) is 9.40. The number of hydrogen-bond donors (Lipinski definition) is 0. The first-order valence-corrected chi connectivity index (χ1v) is 6.33. The zero-order valence-corrected chi connectivity index (χ0v) is 11.9. The highest BCUT2D eigenvalue weighted by Gasteiger charge is 2.14. The minimum absolute atomic E-state index is 0.000590. The van der Waals surface area contributed by atoms with Crippen molar-refractivity contribution in [2.75, 3.05) is 14.2 Å². The van der Waals surface area contributed by atoms with Crippen molar-refractivity contribution >= 4 is 5.97 Å². The van der Waals surface area contributed by atoms with Gasteiger partial charge in [-0.25, -0.2) is 14.8 Å². The summed E-state index contributed by atoms with van der Waals surface area (Å²) < 4.78 is 15.3. The van der Waals surface area contributed by atoms with Gasteiger partial charge in [-0.2, -0.15) is 0 Å². The van der Waals surface area contributed by atoms with Crippen molar-refractivity contribution in [1.29, 1.82) is 0 Å². The first kappa shape index (κ1) is 15.1. The Hall–Kier alpha value is -2.31. The van der Waals surface area contributed by atoms with E-state index in [-0.39, 0.29) is 12.4 Å². The van der Waals surface area contributed by atoms with Crippen molar-refractivity contribution in [3.8, 4) is 0 Å². The van der Waals surface area contributed by atoms with E-state index in [4.69, 9.17) is 14.2 Å². The molecule has 1 heterocycles. The van der Waals surface area contributed by atoms with Gasteiger partial charge in [0.2, 0.25) is 5.82 Å². The Kier molecular flexibility index (Phi) is 5.36. The molecule has 0 atom stereocenters. The quantitative estimate of drug-likeness (QED) is 0.599. The predicted octanol–water partition coefficient (Wildman–Crippen LogP) is 2.12. The molecule has 0 radical (unpaired) electrons. The third kappa shape index (κ3) is 4.08. The maximum atomic E-state index is 11.8. The van der Waals surface area contributed by atoms with E-state index in [0.717, 1.165) is 5.56 Å². The van der Waals surface area contributed by atoms with E-state index in [1.807, 2.05) is 30.3 Å². The van der Waals surface area contributed by atoms with Gasteiger partial charge < -0.3 is 14.2 Å². The smallest absolute Gasteiger partial charge is 0.376 e. The Morgan fingerprint density at radius 1 is 1.10 bits per heavy atom. The number of aromatic nitrogens is 2. The van der Waals surface area contributed by atoms with Crippen LogP contribution in [0.4, 0.5) is 0 Å². The van der Waals surface area contributed by atoms with Gasteiger partial charge in [-0.15, -0.1) is 0 Å². The second kappa shape index (κ2) is 7.47. The van der Waals surface area contributed by atoms with E-state index in [1.165, 1.54) is 26.6 Å². The highest BCUT2D eigenvalue weighted by molar-refractivity contribution is 5.84. The van der Waals surface area contributed by atoms with E-state index in [0.29, 0.717) is 5.56 Å². The Bertz CT molecular complexity index is 568. The van der Waals surface area contributed by atoms with Crippen LogP contribution in [0.2, 0.25) is 0 Å². The third-order valence-electron chi connectivity index (χ3n) is 2.77. The van der Waals surface area contributed by atoms with Gasteiger partial charge in [-0.1, -0.05) is 30.3 Å². The van der Waals surface area contributed by atoms with Gasteiger partial charge in [0.1, 0.15) is 6.61 Å². The van der Waals surface area contributed by atoms with Gasteiger partial charge in [-0.05, 0) is 5.56 Å². The Morgan fingerprint density at radius 2 is 1.71 bits per heavy atom. The fraction of sp³-hybridized carbons (Fsp3) is 0.267. The molecular weight excluding hydrogens is 272 g/mol. The minimum Gasteiger partial charge on any atom is -0.455 e. The normalized spacial score (nSPS) is 10.6. The first-order chi connectivity index (χ1) is 10.2. The minimum atomic E-state index is -0.572. The van der Waals surface area contributed by atoms with Crippen LogP contribution in [-0.4, -0.2) is 30.2 Å². The average Bonchev–Trinajstić information content (AvgIpc) is 2.55. The summed E-state index contributed by atoms with van der Waals surface area (Å²) in [7, 11) is 3.02. The number of methoxy groups -OCH3 is 2. The molecule has 6 nitrogen and oxygen atoms in total. The fourth-order valence-electron chi connectivity index (χ4n) is 1.72. The summed E-state index contributed by atoms with van der Waals surface area (Å²) in [4.78, 5) is 19.8. The molecule has 0 saturated carbocycles. The number of ether oxygens (including phenoxy) is 3. The number of benzene rings is 1. The lowest BCUT2D eigenvalue weighted by molar-refractivity contribution is -0.106. The number of carbonyl (C=O) groups excluding carboxylic acids is 1. The summed E-state index contributed by atoms with van der Waals surface area (Å²) in [6.45, 7) is 0.184. The highest BCUT2D eigenvalue weighted by Crippen LogP contribution is 2.15. The molecule has 1 aromatic carbocycles. The average molecular weight is 288 g/mol. The fourth-order valence-corrected chi connectivity index (χ4v) is 1.72. The van der Waals surface area contributed by atoms with Crippen LogP contribution in [0, 0.1) is 0 Å². The standard InChI is InChI=1S/C15H16N2O4/c1-19-15(20-2)12-8-16-13(17-9-12)14(18)21-10-11-6-4-3-5-7-11/h3-9,15H,10H2,1-2H3. The number of nitrogens with zero attached hydrogens (tertiary/aromatic N) is 2. The number of carbonyl (C=O) groups is 1. The Balaban J connectivity index is 1.97. The molecule has 0 amide bonds. The molecular formula is C15H16N2O4. The topological polar surface area (TPSA) is 70.5 Å². The molecule has 110 valence electrons. The maximum absolute atomic E-state index is 11.8. The number of rotatable bonds is 6. The van der Waals surface area contributed by atoms with Gasteiger partial charge in [0.05, 0.1) is 0 Å². The summed E-state index contributed by atoms with van der Waals surface area (Å²) in [5.41, 5.74) is 1.53. The van der Waals surface area contributed by atoms with Crippen molar-refractivity contribution in [3.63, 3.8) is 0 Å². The summed E-state index contributed by atoms with van der Waals surface area (Å²) >= 11 is 0. The third-order valence-corrected chi connectivity index (χ3v) is 2.77. The molecule has 0 N–H and O–H groups in total. The SMILES string of the molecule is COC(OC)c1cnc(C(=O)OCc2ccccc2)nc1. The van der Waals surface area contributed by atoms with Crippen LogP contribution < -0.4 is 0 Å². The van der Waals surface area contributed by atoms with Gasteiger partial charge in [0.25, 0.3) is 0 Å². The van der Waals surface area contributed by atoms with Crippen molar-refractivity contribution in [2.45, 2.75) is 12.9 Å². The Labute approximate surface area is 122 Å². The van der Waals surface area contributed by atoms with Gasteiger partial charge in [-0.3, -0.25) is 0 Å². The largest absolute Gasteiger partial charge is 0.455 e. The van der Waals surface area contributed by atoms with E-state index < -0.39 is 12.3 Å². The van der Waals surface area contributed by atoms with Crippen LogP contribution in [0.3, 0.4) is 0 Å². The molecule has 2 aromatic rings. The monoisotopic (exact) mass is 288 g/mol. The van der Waals surface area contributed by atoms with Gasteiger partial charge in [0.15, 0.2) is 6.29 Å². The molecule has 0 spiro atoms. The van der Waals surface area contributed by atoms with Crippen LogP contribution in [0.5, 0.6) is 0 Å². The molecule has 0 aliphatic rings. The van der Waals surface area contributed by atoms with Crippen LogP contribution in [0.15, 0.2) is 42.7 Å². The van der Waals surface area contributed by atoms with Crippen LogP contribution in [0.25, 0.3) is 0 Å². The molecule has 1 aromatic heterocycles. The maximum Gasteiger partial charge on any atom is 0.376 e. The predicted molar refractivity (Wildman–Crippen MR) is 74.4 cm³/mol. The number of esters is 1. The van der Waals surface area contributed by atoms with Crippen molar-refractivity contribution < 1.29 is 19.0 Å². The molecule has 21 heavy (non-hydrogen) atoms. The van der Waals surface area contributed by atoms with Gasteiger partial charge >= 0.3 is 5.97 Å². The van der Waals surface area contributed by atoms with Crippen LogP contribution in [-0.2, 0) is 20.8 Å². The zero-order chi connectivity index (χ0) is 15.1. The number of hydrogen-bond acceptors (Lipinski definition) is 6. The lowest BCUT2D eigenvalue weighted by Gasteiger charge is -2.12. The second-order valence-electron chi connectivity index (χ2n) is 4.21. The Morgan fingerprint density at radius 3 is 2.29 bits per heavy atom. The van der Waals surface area contributed by atoms with Crippen molar-refractivity contribution in [3.05, 3.63) is 59.7 Å². The molecule has 0 aliphatic carbocycles. The molecule has 6 heteroatoms. The van der Waals surface area contributed by atoms with Gasteiger partial charge in [0, 0.05) is 32.2 Å². The van der Waals surface area contributed by atoms with Crippen LogP contribution in [0.1, 0.15) is 28.0 Å². The molecule has 0 saturated heterocycles. The molecule has 0 bridgehead atoms. The molecule has 0 aliphatic heterocycles. The van der Waals surface area contributed by atoms with E-state index in [1.54, 1.807) is 0 Å². The van der Waals surface area contributed by atoms with Crippen molar-refractivity contribution in [2.24, 2.45) is 0 Å². The summed E-state index contributed by atoms with van der Waals surface area (Å²) in [6.07, 6.45) is 2.40. The molecule has 0 unspecified atom stereocenters. The van der Waals surface area contributed by atoms with E-state index >= 15 is 0 Å². The van der Waals surface area contributed by atoms with E-state index in [2.05, 4.69) is 9.97 Å². The van der Waals surface area contributed by atoms with Crippen molar-refractivity contribution in [1.82, 2.24) is 9.97 Å².